The van der Waals surface area contributed by atoms with Crippen molar-refractivity contribution in [2.45, 2.75) is 166 Å². The number of aromatic carboxylic acids is 1. The van der Waals surface area contributed by atoms with Gasteiger partial charge in [0.25, 0.3) is 30.4 Å². The molecule has 0 aromatic heterocycles. The van der Waals surface area contributed by atoms with Gasteiger partial charge in [-0.15, -0.1) is 35.8 Å². The molecule has 8 aliphatic carbocycles. The van der Waals surface area contributed by atoms with Gasteiger partial charge >= 0.3 is 390 Å². The summed E-state index contributed by atoms with van der Waals surface area (Å²) in [6.45, 7) is 5.14. The number of carbonyl (C=O) groups excluding carboxylic acids is 2. The number of benzene rings is 4. The van der Waals surface area contributed by atoms with E-state index in [0.717, 1.165) is 31.6 Å². The van der Waals surface area contributed by atoms with Crippen molar-refractivity contribution in [1.82, 2.24) is 12.3 Å². The van der Waals surface area contributed by atoms with Crippen LogP contribution in [0.5, 0.6) is 0 Å². The van der Waals surface area contributed by atoms with E-state index in [1.165, 1.54) is 20.3 Å². The molecule has 46 heteroatoms. The summed E-state index contributed by atoms with van der Waals surface area (Å²) < 4.78 is 207. The summed E-state index contributed by atoms with van der Waals surface area (Å²) in [5.74, 6) is -10.2. The zero-order valence-corrected chi connectivity index (χ0v) is 78.7. The molecule has 0 bridgehead atoms. The molecule has 20 N–H and O–H groups in total. The van der Waals surface area contributed by atoms with Gasteiger partial charge in [-0.25, -0.2) is 19.2 Å². The number of hydrogen-bond donors (Lipinski definition) is 13. The first-order valence-electron chi connectivity index (χ1n) is 38.1. The Morgan fingerprint density at radius 3 is 1.10 bits per heavy atom. The van der Waals surface area contributed by atoms with Gasteiger partial charge in [0.1, 0.15) is 6.04 Å². The van der Waals surface area contributed by atoms with Crippen LogP contribution in [0.3, 0.4) is 0 Å². The van der Waals surface area contributed by atoms with Gasteiger partial charge in [-0.3, -0.25) is 9.59 Å². The van der Waals surface area contributed by atoms with Crippen LogP contribution in [0.2, 0.25) is 12.9 Å². The van der Waals surface area contributed by atoms with E-state index >= 15 is 0 Å². The number of carboxylic acids is 7. The molecule has 5 fully saturated rings. The monoisotopic (exact) mass is 2200 g/mol. The van der Waals surface area contributed by atoms with Crippen molar-refractivity contribution >= 4 is 148 Å². The predicted molar refractivity (Wildman–Crippen MR) is 472 cm³/mol. The quantitative estimate of drug-likeness (QED) is 0.0173. The van der Waals surface area contributed by atoms with Crippen LogP contribution in [0.1, 0.15) is 129 Å². The van der Waals surface area contributed by atoms with E-state index in [1.54, 1.807) is 39.0 Å². The summed E-state index contributed by atoms with van der Waals surface area (Å²) in [6.07, 6.45) is -10.1. The minimum atomic E-state index is -1.91. The van der Waals surface area contributed by atoms with Gasteiger partial charge in [0.05, 0.1) is 46.9 Å². The number of ether oxygens (including phenoxy) is 2. The molecule has 23 nitrogen and oxygen atoms in total. The van der Waals surface area contributed by atoms with E-state index in [2.05, 4.69) is 23.1 Å². The molecule has 3 unspecified atom stereocenters. The fraction of sp³-hybridized carbons (Fsp3) is 0.375. The van der Waals surface area contributed by atoms with Gasteiger partial charge in [-0.2, -0.15) is 43.9 Å². The number of alkyl halides is 2. The first kappa shape index (κ1) is 127. The number of rotatable bonds is 15. The Bertz CT molecular complexity index is 4930. The topological polar surface area (TPSA) is 463 Å². The number of quaternary nitrogens is 1. The maximum atomic E-state index is 13.0. The van der Waals surface area contributed by atoms with Crippen molar-refractivity contribution < 1.29 is 177 Å². The van der Waals surface area contributed by atoms with Crippen LogP contribution in [0.15, 0.2) is 248 Å². The van der Waals surface area contributed by atoms with Crippen molar-refractivity contribution in [3.63, 3.8) is 0 Å². The van der Waals surface area contributed by atoms with Gasteiger partial charge in [0.2, 0.25) is 0 Å². The molecule has 4 aromatic rings. The molecule has 0 aliphatic heterocycles. The van der Waals surface area contributed by atoms with Crippen LogP contribution in [-0.2, 0) is 47.8 Å². The average molecular weight is 2200 g/mol. The van der Waals surface area contributed by atoms with E-state index < -0.39 is 153 Å². The smallest absolute Gasteiger partial charge is 0.336 e. The summed E-state index contributed by atoms with van der Waals surface area (Å²) in [5.41, 5.74) is 13.3. The summed E-state index contributed by atoms with van der Waals surface area (Å²) in [7, 11) is 2.60. The largest absolute Gasteiger partial charge is 1.00 e. The number of hydrogen-bond acceptors (Lipinski definition) is 16. The minimum absolute atomic E-state index is 0. The van der Waals surface area contributed by atoms with Crippen molar-refractivity contribution in [2.75, 3.05) is 14.2 Å². The fourth-order valence-corrected chi connectivity index (χ4v) is 23.6. The molecule has 744 valence electrons. The van der Waals surface area contributed by atoms with E-state index in [9.17, 15) is 124 Å². The number of allylic oxidation sites excluding steroid dienone is 7. The second-order valence-corrected chi connectivity index (χ2v) is 40.2. The molecule has 0 heterocycles. The number of aliphatic carboxylic acids is 6. The second kappa shape index (κ2) is 59.0. The third-order valence-corrected chi connectivity index (χ3v) is 30.5. The molecule has 0 spiro atoms. The minimum Gasteiger partial charge on any atom is -1.00 e. The zero-order chi connectivity index (χ0) is 97.6. The second-order valence-electron chi connectivity index (χ2n) is 29.6. The Morgan fingerprint density at radius 1 is 0.440 bits per heavy atom. The predicted octanol–water partition coefficient (Wildman–Crippen LogP) is 15.4. The summed E-state index contributed by atoms with van der Waals surface area (Å²) in [4.78, 5) is 98.6. The van der Waals surface area contributed by atoms with Crippen molar-refractivity contribution in [3.05, 3.63) is 249 Å². The van der Waals surface area contributed by atoms with E-state index in [-0.39, 0.29) is 236 Å². The molecule has 8 aliphatic rings. The van der Waals surface area contributed by atoms with E-state index in [1.807, 2.05) is 91.0 Å². The van der Waals surface area contributed by atoms with Gasteiger partial charge < -0.3 is 66.4 Å². The molecular weight excluding hydrogens is 2090 g/mol. The van der Waals surface area contributed by atoms with E-state index in [0.29, 0.717) is 24.2 Å². The van der Waals surface area contributed by atoms with Gasteiger partial charge in [0, 0.05) is 64.0 Å². The Kier molecular flexibility index (Phi) is 55.8. The number of halogens is 19. The molecule has 0 saturated heterocycles. The number of carbonyl (C=O) groups is 9. The first-order chi connectivity index (χ1) is 60.2. The molecule has 13 atom stereocenters. The maximum Gasteiger partial charge on any atom is 0.336 e. The number of esters is 2. The molecule has 0 amide bonds. The molecule has 134 heavy (non-hydrogen) atoms. The van der Waals surface area contributed by atoms with Crippen LogP contribution in [0.25, 0.3) is 0 Å². The third kappa shape index (κ3) is 37.3. The molecule has 12 rings (SSSR count). The standard InChI is InChI=1S/C15H16F2O2Se.C14H14F2O2Se.C13H13F2NO2Se.C9H12F2O2.2C7H5ClF2O2.C7H9F2NO2.C7H7F2NO2.C7H6O2S.2CH4.ClH.2H3N/c1-10-8-15(14(18)19-2,9-12(10)13(16)17)20-11-6-4-3-5-7-11;1-9-7-14(13(17)18,8-11(9)12(15)16)19-10-5-3-2-4-6-10;14-11(15)9-6-13(12(17)18,7-10(9)16)19-8-4-2-1-3-5-8;1-5-3-6(9(12)13-2)4-7(5)8(10)11;2*8-5-2-3(7(11)12)1-4(5)6(9)10;2*8-6(9)4-1-3(7(11)12)2-5(4)10;8-7(9)5-3-1-2-4-6(5)10;;;;;/h3-7,10H,8-9H2,1-2H3;2-6,9H,7-8H2,1H3,(H,17,18);1-5,10H,6-7,16H2,(H,17,18);5-6H,3-4H2,1-2H3;2,5H,1H2,(H,11,12);1,5H,2H2,(H,11,12);3,5H,1-2,10H2,(H,11,12);2,5H,1,10H2,(H,11,12);1-4,10H,(H,8,9);2*1H4;1H;2*1H3/t10-,15?;9-,14?;10-,13?;5-,6+;2*5-;3-,5-;5-;;;;;;/m00000000....../s1. The molecule has 4 aromatic carbocycles. The Morgan fingerprint density at radius 2 is 0.813 bits per heavy atom. The SMILES string of the molecule is C.C.COC(=O)C1([Se]c2ccccc2)CC(=C(F)F)[C@@H](C)C1.COC(=O)[C@H]1CC(=C(F)F)[C@@H](C)C1.C[C@H]1CC([Se]c2ccccc2)(C(=O)O)CC1=C(F)F.N.N.N[C@H]1C=C(C(=O)O)CC1=C(F)F.N[C@H]1CC([Se]c2ccccc2)(C(=O)O)CC1=C(F)F.O=C(O)C1=CC(=C(F)F)[C@@H](Cl)C1.O=C(O)C1=C[C@H](Cl)C(=C(F)F)C1.O=C(O)c1ccccc1S.[Cl-].[NH3+][C@H]1C[C@@H](C(=O)O)CC1=C(F)F. The third-order valence-electron chi connectivity index (χ3n) is 20.7. The Hall–Kier alpha value is -9.29. The average Bonchev–Trinajstić information content (AvgIpc) is 1.64. The Labute approximate surface area is 801 Å². The van der Waals surface area contributed by atoms with Crippen LogP contribution >= 0.6 is 35.8 Å². The van der Waals surface area contributed by atoms with Crippen molar-refractivity contribution in [3.8, 4) is 0 Å². The first-order valence-corrected chi connectivity index (χ1v) is 44.6. The van der Waals surface area contributed by atoms with Crippen molar-refractivity contribution in [1.29, 1.82) is 0 Å². The molecular formula is C88H102Cl3F16N5O18SSe3. The van der Waals surface area contributed by atoms with Crippen molar-refractivity contribution in [2.24, 2.45) is 41.1 Å². The number of methoxy groups -OCH3 is 2. The maximum absolute atomic E-state index is 13.0. The van der Waals surface area contributed by atoms with E-state index in [4.69, 9.17) is 64.9 Å². The zero-order valence-electron chi connectivity index (χ0n) is 70.4. The molecule has 0 radical (unpaired) electrons. The fourth-order valence-electron chi connectivity index (χ4n) is 14.0. The van der Waals surface area contributed by atoms with Crippen LogP contribution in [0, 0.1) is 29.6 Å². The van der Waals surface area contributed by atoms with Crippen LogP contribution in [-0.4, -0.2) is 177 Å². The number of thiol groups is 1. The summed E-state index contributed by atoms with van der Waals surface area (Å²) in [5, 5.41) is 59.4. The van der Waals surface area contributed by atoms with Gasteiger partial charge in [-0.05, 0) is 49.0 Å². The van der Waals surface area contributed by atoms with Crippen LogP contribution < -0.4 is 55.3 Å². The van der Waals surface area contributed by atoms with Gasteiger partial charge in [-0.1, -0.05) is 46.1 Å². The number of nitrogens with two attached hydrogens (primary N) is 2. The number of carboxylic acid groups (broad SMARTS) is 7. The summed E-state index contributed by atoms with van der Waals surface area (Å²) >= 11 is 13.8. The Balaban J connectivity index is 0. The molecule has 5 saturated carbocycles. The summed E-state index contributed by atoms with van der Waals surface area (Å²) in [6, 6.07) is 32.2. The van der Waals surface area contributed by atoms with Crippen LogP contribution in [0.4, 0.5) is 70.2 Å². The van der Waals surface area contributed by atoms with Gasteiger partial charge in [0.15, 0.2) is 0 Å². The normalized spacial score (nSPS) is 23.3.